The van der Waals surface area contributed by atoms with Gasteiger partial charge in [-0.05, 0) is 25.0 Å². The van der Waals surface area contributed by atoms with Crippen molar-refractivity contribution < 1.29 is 4.79 Å². The van der Waals surface area contributed by atoms with Crippen LogP contribution in [0.5, 0.6) is 0 Å². The molecule has 0 unspecified atom stereocenters. The summed E-state index contributed by atoms with van der Waals surface area (Å²) in [4.78, 5) is 13.8. The summed E-state index contributed by atoms with van der Waals surface area (Å²) in [7, 11) is 1.71. The molecule has 1 aliphatic heterocycles. The largest absolute Gasteiger partial charge is 0.371 e. The zero-order chi connectivity index (χ0) is 11.4. The van der Waals surface area contributed by atoms with Crippen molar-refractivity contribution >= 4 is 11.6 Å². The molecular weight excluding hydrogens is 200 g/mol. The third-order valence-corrected chi connectivity index (χ3v) is 3.23. The zero-order valence-corrected chi connectivity index (χ0v) is 9.65. The minimum absolute atomic E-state index is 0.188. The van der Waals surface area contributed by atoms with Crippen molar-refractivity contribution in [2.24, 2.45) is 5.92 Å². The van der Waals surface area contributed by atoms with Crippen LogP contribution in [0.25, 0.3) is 0 Å². The van der Waals surface area contributed by atoms with Crippen LogP contribution in [-0.2, 0) is 4.79 Å². The van der Waals surface area contributed by atoms with Gasteiger partial charge in [0, 0.05) is 31.7 Å². The Morgan fingerprint density at radius 2 is 1.88 bits per heavy atom. The first-order valence-electron chi connectivity index (χ1n) is 5.83. The molecule has 0 saturated carbocycles. The summed E-state index contributed by atoms with van der Waals surface area (Å²) in [5, 5.41) is 2.73. The molecule has 2 rings (SSSR count). The van der Waals surface area contributed by atoms with Gasteiger partial charge < -0.3 is 10.2 Å². The van der Waals surface area contributed by atoms with Crippen LogP contribution in [0.15, 0.2) is 30.3 Å². The number of hydrogen-bond acceptors (Lipinski definition) is 2. The highest BCUT2D eigenvalue weighted by Gasteiger charge is 2.23. The van der Waals surface area contributed by atoms with Crippen LogP contribution in [0.4, 0.5) is 5.69 Å². The lowest BCUT2D eigenvalue weighted by atomic mass is 9.95. The maximum absolute atomic E-state index is 11.5. The van der Waals surface area contributed by atoms with Crippen LogP contribution >= 0.6 is 0 Å². The third-order valence-electron chi connectivity index (χ3n) is 3.23. The van der Waals surface area contributed by atoms with Crippen LogP contribution in [0.1, 0.15) is 12.8 Å². The maximum Gasteiger partial charge on any atom is 0.222 e. The molecule has 0 radical (unpaired) electrons. The summed E-state index contributed by atoms with van der Waals surface area (Å²) in [6, 6.07) is 10.4. The Morgan fingerprint density at radius 3 is 2.44 bits per heavy atom. The molecule has 1 saturated heterocycles. The molecule has 1 heterocycles. The predicted octanol–water partition coefficient (Wildman–Crippen LogP) is 1.65. The normalized spacial score (nSPS) is 17.2. The molecule has 1 aliphatic rings. The number of piperidine rings is 1. The highest BCUT2D eigenvalue weighted by molar-refractivity contribution is 5.78. The first-order chi connectivity index (χ1) is 7.81. The smallest absolute Gasteiger partial charge is 0.222 e. The Labute approximate surface area is 96.5 Å². The Morgan fingerprint density at radius 1 is 1.25 bits per heavy atom. The topological polar surface area (TPSA) is 32.3 Å². The molecule has 1 aromatic carbocycles. The SMILES string of the molecule is CNC(=O)C1CCN(c2ccccc2)CC1. The summed E-state index contributed by atoms with van der Waals surface area (Å²) in [5.41, 5.74) is 1.26. The maximum atomic E-state index is 11.5. The number of amides is 1. The van der Waals surface area contributed by atoms with Gasteiger partial charge in [-0.3, -0.25) is 4.79 Å². The second-order valence-electron chi connectivity index (χ2n) is 4.21. The molecule has 1 fully saturated rings. The van der Waals surface area contributed by atoms with Crippen molar-refractivity contribution in [3.8, 4) is 0 Å². The van der Waals surface area contributed by atoms with E-state index >= 15 is 0 Å². The first kappa shape index (κ1) is 11.0. The minimum Gasteiger partial charge on any atom is -0.371 e. The van der Waals surface area contributed by atoms with Crippen molar-refractivity contribution in [2.45, 2.75) is 12.8 Å². The Bertz CT molecular complexity index is 342. The van der Waals surface area contributed by atoms with Crippen molar-refractivity contribution in [1.82, 2.24) is 5.32 Å². The van der Waals surface area contributed by atoms with Gasteiger partial charge in [-0.2, -0.15) is 0 Å². The summed E-state index contributed by atoms with van der Waals surface area (Å²) in [6.07, 6.45) is 1.91. The van der Waals surface area contributed by atoms with E-state index in [1.54, 1.807) is 7.05 Å². The average Bonchev–Trinajstić information content (AvgIpc) is 2.39. The van der Waals surface area contributed by atoms with Crippen molar-refractivity contribution in [2.75, 3.05) is 25.0 Å². The van der Waals surface area contributed by atoms with E-state index in [2.05, 4.69) is 34.5 Å². The molecule has 0 aromatic heterocycles. The standard InChI is InChI=1S/C13H18N2O/c1-14-13(16)11-7-9-15(10-8-11)12-5-3-2-4-6-12/h2-6,11H,7-10H2,1H3,(H,14,16). The fourth-order valence-corrected chi connectivity index (χ4v) is 2.24. The van der Waals surface area contributed by atoms with Gasteiger partial charge in [-0.25, -0.2) is 0 Å². The number of benzene rings is 1. The minimum atomic E-state index is 0.188. The quantitative estimate of drug-likeness (QED) is 0.818. The average molecular weight is 218 g/mol. The number of hydrogen-bond donors (Lipinski definition) is 1. The highest BCUT2D eigenvalue weighted by Crippen LogP contribution is 2.22. The lowest BCUT2D eigenvalue weighted by molar-refractivity contribution is -0.125. The third kappa shape index (κ3) is 2.35. The number of rotatable bonds is 2. The summed E-state index contributed by atoms with van der Waals surface area (Å²) in [6.45, 7) is 1.95. The predicted molar refractivity (Wildman–Crippen MR) is 65.4 cm³/mol. The van der Waals surface area contributed by atoms with Crippen LogP contribution in [-0.4, -0.2) is 26.0 Å². The lowest BCUT2D eigenvalue weighted by Crippen LogP contribution is -2.39. The fraction of sp³-hybridized carbons (Fsp3) is 0.462. The zero-order valence-electron chi connectivity index (χ0n) is 9.65. The van der Waals surface area contributed by atoms with E-state index in [-0.39, 0.29) is 11.8 Å². The Kier molecular flexibility index (Phi) is 3.44. The molecule has 1 amide bonds. The number of carbonyl (C=O) groups excluding carboxylic acids is 1. The number of nitrogens with one attached hydrogen (secondary N) is 1. The molecule has 16 heavy (non-hydrogen) atoms. The molecule has 1 aromatic rings. The first-order valence-corrected chi connectivity index (χ1v) is 5.83. The van der Waals surface area contributed by atoms with Crippen LogP contribution in [0, 0.1) is 5.92 Å². The van der Waals surface area contributed by atoms with Gasteiger partial charge in [0.1, 0.15) is 0 Å². The van der Waals surface area contributed by atoms with E-state index in [1.807, 2.05) is 6.07 Å². The van der Waals surface area contributed by atoms with E-state index in [9.17, 15) is 4.79 Å². The summed E-state index contributed by atoms with van der Waals surface area (Å²) < 4.78 is 0. The van der Waals surface area contributed by atoms with E-state index in [1.165, 1.54) is 5.69 Å². The van der Waals surface area contributed by atoms with Crippen molar-refractivity contribution in [3.63, 3.8) is 0 Å². The van der Waals surface area contributed by atoms with Gasteiger partial charge >= 0.3 is 0 Å². The molecule has 86 valence electrons. The number of carbonyl (C=O) groups is 1. The lowest BCUT2D eigenvalue weighted by Gasteiger charge is -2.32. The van der Waals surface area contributed by atoms with Gasteiger partial charge in [0.2, 0.25) is 5.91 Å². The van der Waals surface area contributed by atoms with Gasteiger partial charge in [0.05, 0.1) is 0 Å². The van der Waals surface area contributed by atoms with Crippen LogP contribution in [0.2, 0.25) is 0 Å². The molecule has 0 bridgehead atoms. The van der Waals surface area contributed by atoms with Gasteiger partial charge in [-0.15, -0.1) is 0 Å². The van der Waals surface area contributed by atoms with E-state index in [0.717, 1.165) is 25.9 Å². The molecule has 0 aliphatic carbocycles. The van der Waals surface area contributed by atoms with E-state index in [0.29, 0.717) is 0 Å². The van der Waals surface area contributed by atoms with E-state index < -0.39 is 0 Å². The molecule has 0 atom stereocenters. The highest BCUT2D eigenvalue weighted by atomic mass is 16.1. The second-order valence-corrected chi connectivity index (χ2v) is 4.21. The molecule has 0 spiro atoms. The molecular formula is C13H18N2O. The van der Waals surface area contributed by atoms with Crippen molar-refractivity contribution in [1.29, 1.82) is 0 Å². The second kappa shape index (κ2) is 5.01. The monoisotopic (exact) mass is 218 g/mol. The molecule has 3 heteroatoms. The summed E-state index contributed by atoms with van der Waals surface area (Å²) in [5.74, 6) is 0.387. The number of nitrogens with zero attached hydrogens (tertiary/aromatic N) is 1. The number of anilines is 1. The number of para-hydroxylation sites is 1. The van der Waals surface area contributed by atoms with Gasteiger partial charge in [-0.1, -0.05) is 18.2 Å². The van der Waals surface area contributed by atoms with Crippen LogP contribution < -0.4 is 10.2 Å². The van der Waals surface area contributed by atoms with Gasteiger partial charge in [0.25, 0.3) is 0 Å². The van der Waals surface area contributed by atoms with Crippen LogP contribution in [0.3, 0.4) is 0 Å². The van der Waals surface area contributed by atoms with E-state index in [4.69, 9.17) is 0 Å². The molecule has 3 nitrogen and oxygen atoms in total. The van der Waals surface area contributed by atoms with Gasteiger partial charge in [0.15, 0.2) is 0 Å². The summed E-state index contributed by atoms with van der Waals surface area (Å²) >= 11 is 0. The Balaban J connectivity index is 1.93. The Hall–Kier alpha value is -1.51. The van der Waals surface area contributed by atoms with Crippen molar-refractivity contribution in [3.05, 3.63) is 30.3 Å². The molecule has 1 N–H and O–H groups in total. The fourth-order valence-electron chi connectivity index (χ4n) is 2.24.